The summed E-state index contributed by atoms with van der Waals surface area (Å²) in [5, 5.41) is 0. The van der Waals surface area contributed by atoms with Crippen LogP contribution >= 0.6 is 0 Å². The molecular weight excluding hydrogens is 160 g/mol. The van der Waals surface area contributed by atoms with Crippen LogP contribution in [0.2, 0.25) is 0 Å². The van der Waals surface area contributed by atoms with Gasteiger partial charge in [0, 0.05) is 18.1 Å². The van der Waals surface area contributed by atoms with Gasteiger partial charge in [-0.1, -0.05) is 19.9 Å². The lowest BCUT2D eigenvalue weighted by molar-refractivity contribution is 0.700. The van der Waals surface area contributed by atoms with Crippen LogP contribution in [0.4, 0.5) is 0 Å². The summed E-state index contributed by atoms with van der Waals surface area (Å²) >= 11 is 0. The van der Waals surface area contributed by atoms with Gasteiger partial charge in [-0.2, -0.15) is 0 Å². The molecule has 0 bridgehead atoms. The molecule has 2 heteroatoms. The quantitative estimate of drug-likeness (QED) is 0.684. The minimum atomic E-state index is 0.581. The Hall–Kier alpha value is -1.31. The van der Waals surface area contributed by atoms with E-state index in [9.17, 15) is 0 Å². The second-order valence-corrected chi connectivity index (χ2v) is 3.42. The Kier molecular flexibility index (Phi) is 2.05. The maximum atomic E-state index is 4.35. The fraction of sp³-hybridized carbons (Fsp3) is 0.364. The maximum Gasteiger partial charge on any atom is 0.136 e. The molecule has 0 saturated carbocycles. The molecule has 0 fully saturated rings. The first kappa shape index (κ1) is 8.30. The third-order valence-corrected chi connectivity index (χ3v) is 2.56. The van der Waals surface area contributed by atoms with E-state index in [1.54, 1.807) is 0 Å². The van der Waals surface area contributed by atoms with Crippen LogP contribution in [0.1, 0.15) is 31.9 Å². The van der Waals surface area contributed by atoms with Gasteiger partial charge in [0.1, 0.15) is 5.65 Å². The van der Waals surface area contributed by atoms with Crippen molar-refractivity contribution in [3.05, 3.63) is 36.3 Å². The van der Waals surface area contributed by atoms with E-state index in [4.69, 9.17) is 0 Å². The summed E-state index contributed by atoms with van der Waals surface area (Å²) in [6, 6.07) is 6.09. The topological polar surface area (TPSA) is 17.3 Å². The van der Waals surface area contributed by atoms with E-state index in [0.717, 1.165) is 12.1 Å². The lowest BCUT2D eigenvalue weighted by atomic mass is 10.1. The van der Waals surface area contributed by atoms with E-state index in [1.165, 1.54) is 5.69 Å². The van der Waals surface area contributed by atoms with Gasteiger partial charge in [-0.25, -0.2) is 4.98 Å². The highest BCUT2D eigenvalue weighted by Crippen LogP contribution is 2.19. The fourth-order valence-corrected chi connectivity index (χ4v) is 1.53. The van der Waals surface area contributed by atoms with E-state index < -0.39 is 0 Å². The first-order valence-corrected chi connectivity index (χ1v) is 4.75. The van der Waals surface area contributed by atoms with Crippen LogP contribution in [0.15, 0.2) is 30.6 Å². The van der Waals surface area contributed by atoms with Gasteiger partial charge in [-0.3, -0.25) is 0 Å². The molecule has 0 aromatic carbocycles. The summed E-state index contributed by atoms with van der Waals surface area (Å²) in [5.41, 5.74) is 2.34. The molecule has 13 heavy (non-hydrogen) atoms. The summed E-state index contributed by atoms with van der Waals surface area (Å²) in [6.45, 7) is 4.43. The van der Waals surface area contributed by atoms with E-state index in [2.05, 4.69) is 29.4 Å². The predicted octanol–water partition coefficient (Wildman–Crippen LogP) is 2.85. The van der Waals surface area contributed by atoms with Crippen molar-refractivity contribution in [1.82, 2.24) is 9.38 Å². The number of hydrogen-bond acceptors (Lipinski definition) is 1. The molecule has 0 saturated heterocycles. The maximum absolute atomic E-state index is 4.35. The largest absolute Gasteiger partial charge is 0.304 e. The molecule has 0 spiro atoms. The van der Waals surface area contributed by atoms with Crippen molar-refractivity contribution in [2.45, 2.75) is 26.2 Å². The zero-order valence-corrected chi connectivity index (χ0v) is 8.07. The van der Waals surface area contributed by atoms with E-state index in [1.807, 2.05) is 24.4 Å². The van der Waals surface area contributed by atoms with Crippen LogP contribution < -0.4 is 0 Å². The monoisotopic (exact) mass is 174 g/mol. The number of aromatic nitrogens is 2. The number of pyridine rings is 1. The summed E-state index contributed by atoms with van der Waals surface area (Å²) in [5.74, 6) is 0.581. The minimum absolute atomic E-state index is 0.581. The molecule has 0 aliphatic heterocycles. The Morgan fingerprint density at radius 3 is 3.08 bits per heavy atom. The Morgan fingerprint density at radius 1 is 1.46 bits per heavy atom. The van der Waals surface area contributed by atoms with Crippen molar-refractivity contribution in [2.24, 2.45) is 0 Å². The number of hydrogen-bond donors (Lipinski definition) is 0. The van der Waals surface area contributed by atoms with E-state index in [-0.39, 0.29) is 0 Å². The Bertz CT molecular complexity index is 403. The summed E-state index contributed by atoms with van der Waals surface area (Å²) in [7, 11) is 0. The van der Waals surface area contributed by atoms with Crippen LogP contribution in [0.5, 0.6) is 0 Å². The number of nitrogens with zero attached hydrogens (tertiary/aromatic N) is 2. The Balaban J connectivity index is 2.57. The number of fused-ring (bicyclic) bond motifs is 1. The van der Waals surface area contributed by atoms with Gasteiger partial charge in [-0.05, 0) is 24.5 Å². The molecule has 1 atom stereocenters. The summed E-state index contributed by atoms with van der Waals surface area (Å²) in [6.07, 6.45) is 5.20. The van der Waals surface area contributed by atoms with Gasteiger partial charge >= 0.3 is 0 Å². The third-order valence-electron chi connectivity index (χ3n) is 2.56. The number of rotatable bonds is 2. The van der Waals surface area contributed by atoms with Crippen molar-refractivity contribution >= 4 is 5.65 Å². The predicted molar refractivity (Wildman–Crippen MR) is 53.9 cm³/mol. The van der Waals surface area contributed by atoms with Gasteiger partial charge in [0.15, 0.2) is 0 Å². The van der Waals surface area contributed by atoms with Gasteiger partial charge in [0.25, 0.3) is 0 Å². The van der Waals surface area contributed by atoms with Gasteiger partial charge < -0.3 is 4.40 Å². The highest BCUT2D eigenvalue weighted by Gasteiger charge is 2.07. The zero-order valence-electron chi connectivity index (χ0n) is 8.07. The number of imidazole rings is 1. The molecular formula is C11H14N2. The fourth-order valence-electron chi connectivity index (χ4n) is 1.53. The van der Waals surface area contributed by atoms with Crippen LogP contribution in [-0.2, 0) is 0 Å². The normalized spacial score (nSPS) is 13.4. The molecule has 0 aliphatic carbocycles. The second kappa shape index (κ2) is 3.21. The molecule has 0 amide bonds. The molecule has 0 radical (unpaired) electrons. The van der Waals surface area contributed by atoms with Crippen LogP contribution in [-0.4, -0.2) is 9.38 Å². The SMILES string of the molecule is CC[C@@H](C)c1cnc2ccccn12. The van der Waals surface area contributed by atoms with Gasteiger partial charge in [0.05, 0.1) is 0 Å². The highest BCUT2D eigenvalue weighted by molar-refractivity contribution is 5.40. The highest BCUT2D eigenvalue weighted by atomic mass is 15.0. The lowest BCUT2D eigenvalue weighted by Crippen LogP contribution is -1.96. The minimum Gasteiger partial charge on any atom is -0.304 e. The Labute approximate surface area is 78.2 Å². The molecule has 2 aromatic rings. The zero-order chi connectivity index (χ0) is 9.26. The van der Waals surface area contributed by atoms with Crippen molar-refractivity contribution in [2.75, 3.05) is 0 Å². The van der Waals surface area contributed by atoms with Crippen LogP contribution in [0, 0.1) is 0 Å². The molecule has 2 rings (SSSR count). The molecule has 0 aliphatic rings. The van der Waals surface area contributed by atoms with Crippen molar-refractivity contribution < 1.29 is 0 Å². The molecule has 0 unspecified atom stereocenters. The van der Waals surface area contributed by atoms with E-state index >= 15 is 0 Å². The van der Waals surface area contributed by atoms with E-state index in [0.29, 0.717) is 5.92 Å². The average molecular weight is 174 g/mol. The van der Waals surface area contributed by atoms with Crippen LogP contribution in [0.25, 0.3) is 5.65 Å². The first-order chi connectivity index (χ1) is 6.33. The standard InChI is InChI=1S/C11H14N2/c1-3-9(2)10-8-12-11-6-4-5-7-13(10)11/h4-9H,3H2,1-2H3/t9-/m1/s1. The smallest absolute Gasteiger partial charge is 0.136 e. The Morgan fingerprint density at radius 2 is 2.31 bits per heavy atom. The molecule has 0 N–H and O–H groups in total. The first-order valence-electron chi connectivity index (χ1n) is 4.75. The molecule has 2 aromatic heterocycles. The lowest BCUT2D eigenvalue weighted by Gasteiger charge is -2.07. The van der Waals surface area contributed by atoms with Crippen LogP contribution in [0.3, 0.4) is 0 Å². The molecule has 2 nitrogen and oxygen atoms in total. The van der Waals surface area contributed by atoms with Crippen molar-refractivity contribution in [1.29, 1.82) is 0 Å². The average Bonchev–Trinajstić information content (AvgIpc) is 2.60. The van der Waals surface area contributed by atoms with Gasteiger partial charge in [0.2, 0.25) is 0 Å². The molecule has 2 heterocycles. The molecule has 68 valence electrons. The summed E-state index contributed by atoms with van der Waals surface area (Å²) in [4.78, 5) is 4.35. The van der Waals surface area contributed by atoms with Crippen molar-refractivity contribution in [3.8, 4) is 0 Å². The third kappa shape index (κ3) is 1.32. The summed E-state index contributed by atoms with van der Waals surface area (Å²) < 4.78 is 2.16. The van der Waals surface area contributed by atoms with Gasteiger partial charge in [-0.15, -0.1) is 0 Å². The van der Waals surface area contributed by atoms with Crippen molar-refractivity contribution in [3.63, 3.8) is 0 Å². The second-order valence-electron chi connectivity index (χ2n) is 3.42.